The van der Waals surface area contributed by atoms with E-state index < -0.39 is 0 Å². The standard InChI is InChI=1S/C14H28O/c1-13(2,3)11-9-7-8-10-15-12(11)14(4,5)6/h11-12H,7-10H2,1-6H3. The molecule has 0 aromatic rings. The van der Waals surface area contributed by atoms with E-state index in [4.69, 9.17) is 4.74 Å². The molecule has 90 valence electrons. The second kappa shape index (κ2) is 4.45. The van der Waals surface area contributed by atoms with Crippen molar-refractivity contribution in [2.24, 2.45) is 16.7 Å². The highest BCUT2D eigenvalue weighted by Crippen LogP contribution is 2.42. The van der Waals surface area contributed by atoms with Gasteiger partial charge >= 0.3 is 0 Å². The first-order valence-electron chi connectivity index (χ1n) is 6.34. The maximum Gasteiger partial charge on any atom is 0.0656 e. The van der Waals surface area contributed by atoms with Crippen molar-refractivity contribution in [2.75, 3.05) is 6.61 Å². The van der Waals surface area contributed by atoms with Crippen molar-refractivity contribution >= 4 is 0 Å². The molecule has 1 heterocycles. The van der Waals surface area contributed by atoms with Crippen LogP contribution in [-0.4, -0.2) is 12.7 Å². The van der Waals surface area contributed by atoms with Gasteiger partial charge in [0.1, 0.15) is 0 Å². The average molecular weight is 212 g/mol. The average Bonchev–Trinajstić information content (AvgIpc) is 2.24. The monoisotopic (exact) mass is 212 g/mol. The highest BCUT2D eigenvalue weighted by atomic mass is 16.5. The zero-order chi connectivity index (χ0) is 11.7. The van der Waals surface area contributed by atoms with E-state index >= 15 is 0 Å². The van der Waals surface area contributed by atoms with Crippen LogP contribution in [0.25, 0.3) is 0 Å². The van der Waals surface area contributed by atoms with Crippen molar-refractivity contribution in [1.29, 1.82) is 0 Å². The molecule has 0 bridgehead atoms. The van der Waals surface area contributed by atoms with Crippen LogP contribution in [0.2, 0.25) is 0 Å². The van der Waals surface area contributed by atoms with Crippen LogP contribution in [0.4, 0.5) is 0 Å². The predicted molar refractivity (Wildman–Crippen MR) is 66.0 cm³/mol. The van der Waals surface area contributed by atoms with Crippen molar-refractivity contribution < 1.29 is 4.74 Å². The van der Waals surface area contributed by atoms with Crippen LogP contribution in [0.15, 0.2) is 0 Å². The Labute approximate surface area is 95.6 Å². The van der Waals surface area contributed by atoms with Crippen LogP contribution in [0, 0.1) is 16.7 Å². The van der Waals surface area contributed by atoms with Gasteiger partial charge in [-0.2, -0.15) is 0 Å². The smallest absolute Gasteiger partial charge is 0.0656 e. The second-order valence-corrected chi connectivity index (χ2v) is 7.13. The Morgan fingerprint density at radius 3 is 1.93 bits per heavy atom. The molecule has 1 saturated heterocycles. The molecule has 15 heavy (non-hydrogen) atoms. The Morgan fingerprint density at radius 1 is 0.867 bits per heavy atom. The molecular formula is C14H28O. The quantitative estimate of drug-likeness (QED) is 0.583. The number of rotatable bonds is 0. The summed E-state index contributed by atoms with van der Waals surface area (Å²) in [6.07, 6.45) is 4.30. The lowest BCUT2D eigenvalue weighted by molar-refractivity contribution is -0.0740. The van der Waals surface area contributed by atoms with Crippen LogP contribution in [0.3, 0.4) is 0 Å². The molecule has 0 radical (unpaired) electrons. The fraction of sp³-hybridized carbons (Fsp3) is 1.00. The molecule has 2 atom stereocenters. The van der Waals surface area contributed by atoms with Gasteiger partial charge in [0.2, 0.25) is 0 Å². The molecule has 1 rings (SSSR count). The van der Waals surface area contributed by atoms with Crippen molar-refractivity contribution in [3.05, 3.63) is 0 Å². The van der Waals surface area contributed by atoms with E-state index in [-0.39, 0.29) is 5.41 Å². The largest absolute Gasteiger partial charge is 0.377 e. The van der Waals surface area contributed by atoms with E-state index in [2.05, 4.69) is 41.5 Å². The molecule has 0 amide bonds. The van der Waals surface area contributed by atoms with Gasteiger partial charge in [-0.15, -0.1) is 0 Å². The normalized spacial score (nSPS) is 30.0. The molecule has 0 saturated carbocycles. The van der Waals surface area contributed by atoms with E-state index in [0.717, 1.165) is 6.61 Å². The second-order valence-electron chi connectivity index (χ2n) is 7.13. The molecular weight excluding hydrogens is 184 g/mol. The molecule has 0 aromatic heterocycles. The maximum absolute atomic E-state index is 6.11. The minimum absolute atomic E-state index is 0.266. The van der Waals surface area contributed by atoms with Gasteiger partial charge in [-0.1, -0.05) is 48.0 Å². The third-order valence-electron chi connectivity index (χ3n) is 3.54. The summed E-state index contributed by atoms with van der Waals surface area (Å²) in [7, 11) is 0. The Morgan fingerprint density at radius 2 is 1.47 bits per heavy atom. The van der Waals surface area contributed by atoms with Gasteiger partial charge in [0, 0.05) is 6.61 Å². The minimum Gasteiger partial charge on any atom is -0.377 e. The molecule has 0 aromatic carbocycles. The minimum atomic E-state index is 0.266. The number of hydrogen-bond donors (Lipinski definition) is 0. The summed E-state index contributed by atoms with van der Waals surface area (Å²) in [5, 5.41) is 0. The van der Waals surface area contributed by atoms with Gasteiger partial charge in [-0.05, 0) is 29.6 Å². The molecule has 1 fully saturated rings. The van der Waals surface area contributed by atoms with Crippen molar-refractivity contribution in [3.63, 3.8) is 0 Å². The number of hydrogen-bond acceptors (Lipinski definition) is 1. The molecule has 0 aliphatic carbocycles. The van der Waals surface area contributed by atoms with E-state index in [1.54, 1.807) is 0 Å². The molecule has 0 spiro atoms. The van der Waals surface area contributed by atoms with E-state index in [9.17, 15) is 0 Å². The Hall–Kier alpha value is -0.0400. The summed E-state index contributed by atoms with van der Waals surface area (Å²) < 4.78 is 6.11. The maximum atomic E-state index is 6.11. The zero-order valence-corrected chi connectivity index (χ0v) is 11.4. The Balaban J connectivity index is 2.86. The third-order valence-corrected chi connectivity index (χ3v) is 3.54. The molecule has 2 unspecified atom stereocenters. The van der Waals surface area contributed by atoms with Crippen LogP contribution in [0.5, 0.6) is 0 Å². The summed E-state index contributed by atoms with van der Waals surface area (Å²) in [5.41, 5.74) is 0.630. The first kappa shape index (κ1) is 13.0. The van der Waals surface area contributed by atoms with Gasteiger partial charge in [0.05, 0.1) is 6.10 Å². The number of ether oxygens (including phenoxy) is 1. The van der Waals surface area contributed by atoms with Crippen molar-refractivity contribution in [2.45, 2.75) is 66.9 Å². The van der Waals surface area contributed by atoms with Gasteiger partial charge in [0.15, 0.2) is 0 Å². The van der Waals surface area contributed by atoms with Gasteiger partial charge in [-0.3, -0.25) is 0 Å². The van der Waals surface area contributed by atoms with Crippen LogP contribution in [0.1, 0.15) is 60.8 Å². The molecule has 0 N–H and O–H groups in total. The van der Waals surface area contributed by atoms with E-state index in [0.29, 0.717) is 17.4 Å². The molecule has 1 nitrogen and oxygen atoms in total. The molecule has 1 aliphatic heterocycles. The summed E-state index contributed by atoms with van der Waals surface area (Å²) in [6, 6.07) is 0. The Kier molecular flexibility index (Phi) is 3.86. The summed E-state index contributed by atoms with van der Waals surface area (Å²) in [4.78, 5) is 0. The third kappa shape index (κ3) is 3.48. The van der Waals surface area contributed by atoms with Gasteiger partial charge in [-0.25, -0.2) is 0 Å². The first-order chi connectivity index (χ1) is 6.73. The first-order valence-corrected chi connectivity index (χ1v) is 6.34. The van der Waals surface area contributed by atoms with E-state index in [1.807, 2.05) is 0 Å². The van der Waals surface area contributed by atoms with Crippen molar-refractivity contribution in [1.82, 2.24) is 0 Å². The summed E-state index contributed by atoms with van der Waals surface area (Å²) in [6.45, 7) is 14.9. The highest BCUT2D eigenvalue weighted by molar-refractivity contribution is 4.89. The van der Waals surface area contributed by atoms with Crippen LogP contribution < -0.4 is 0 Å². The Bertz CT molecular complexity index is 172. The summed E-state index contributed by atoms with van der Waals surface area (Å²) >= 11 is 0. The summed E-state index contributed by atoms with van der Waals surface area (Å²) in [5.74, 6) is 0.694. The highest BCUT2D eigenvalue weighted by Gasteiger charge is 2.40. The molecule has 1 aliphatic rings. The van der Waals surface area contributed by atoms with Crippen molar-refractivity contribution in [3.8, 4) is 0 Å². The fourth-order valence-corrected chi connectivity index (χ4v) is 2.68. The van der Waals surface area contributed by atoms with Gasteiger partial charge in [0.25, 0.3) is 0 Å². The zero-order valence-electron chi connectivity index (χ0n) is 11.4. The van der Waals surface area contributed by atoms with E-state index in [1.165, 1.54) is 19.3 Å². The van der Waals surface area contributed by atoms with Crippen LogP contribution >= 0.6 is 0 Å². The van der Waals surface area contributed by atoms with Crippen LogP contribution in [-0.2, 0) is 4.74 Å². The topological polar surface area (TPSA) is 9.23 Å². The lowest BCUT2D eigenvalue weighted by Gasteiger charge is -2.42. The van der Waals surface area contributed by atoms with Gasteiger partial charge < -0.3 is 4.74 Å². The SMILES string of the molecule is CC(C)(C)C1CCCCOC1C(C)(C)C. The fourth-order valence-electron chi connectivity index (χ4n) is 2.68. The predicted octanol–water partition coefficient (Wildman–Crippen LogP) is 4.26. The lowest BCUT2D eigenvalue weighted by Crippen LogP contribution is -2.41. The lowest BCUT2D eigenvalue weighted by atomic mass is 9.68. The molecule has 1 heteroatoms.